The lowest BCUT2D eigenvalue weighted by Gasteiger charge is -2.09. The Morgan fingerprint density at radius 2 is 1.71 bits per heavy atom. The third-order valence-electron chi connectivity index (χ3n) is 4.02. The molecule has 1 aliphatic rings. The van der Waals surface area contributed by atoms with E-state index < -0.39 is 0 Å². The Morgan fingerprint density at radius 1 is 1.07 bits per heavy atom. The molecular formula is C20H20N2O5S. The Labute approximate surface area is 167 Å². The molecule has 28 heavy (non-hydrogen) atoms. The maximum Gasteiger partial charge on any atom is 0.264 e. The average Bonchev–Trinajstić information content (AvgIpc) is 3.07. The van der Waals surface area contributed by atoms with Gasteiger partial charge in [0.1, 0.15) is 5.75 Å². The standard InChI is InChI=1S/C20H20N2O5S/c1-25-14-6-4-12(5-7-14)11-21-20-22-19(24)17(28-20)10-13-8-15(26-2)18(23)16(9-13)27-3/h4-10,23H,11H2,1-3H3,(H,21,22,24)/b17-10-. The Morgan fingerprint density at radius 3 is 2.29 bits per heavy atom. The fourth-order valence-corrected chi connectivity index (χ4v) is 3.36. The van der Waals surface area contributed by atoms with Crippen LogP contribution >= 0.6 is 11.8 Å². The van der Waals surface area contributed by atoms with Gasteiger partial charge in [-0.15, -0.1) is 0 Å². The number of carbonyl (C=O) groups excluding carboxylic acids is 1. The maximum atomic E-state index is 12.3. The second-order valence-electron chi connectivity index (χ2n) is 5.81. The molecule has 1 heterocycles. The molecule has 0 aromatic heterocycles. The highest BCUT2D eigenvalue weighted by Gasteiger charge is 2.24. The Kier molecular flexibility index (Phi) is 6.10. The molecule has 0 bridgehead atoms. The minimum atomic E-state index is -0.232. The summed E-state index contributed by atoms with van der Waals surface area (Å²) in [7, 11) is 4.52. The monoisotopic (exact) mass is 400 g/mol. The van der Waals surface area contributed by atoms with Crippen LogP contribution in [0.4, 0.5) is 0 Å². The van der Waals surface area contributed by atoms with Crippen molar-refractivity contribution in [3.8, 4) is 23.0 Å². The molecule has 2 N–H and O–H groups in total. The highest BCUT2D eigenvalue weighted by atomic mass is 32.2. The molecule has 0 unspecified atom stereocenters. The number of thioether (sulfide) groups is 1. The van der Waals surface area contributed by atoms with Crippen LogP contribution in [0.1, 0.15) is 11.1 Å². The van der Waals surface area contributed by atoms with Gasteiger partial charge in [-0.05, 0) is 53.2 Å². The summed E-state index contributed by atoms with van der Waals surface area (Å²) in [5.74, 6) is 0.998. The van der Waals surface area contributed by atoms with Crippen molar-refractivity contribution in [1.29, 1.82) is 0 Å². The van der Waals surface area contributed by atoms with Gasteiger partial charge in [0, 0.05) is 0 Å². The molecule has 7 nitrogen and oxygen atoms in total. The third-order valence-corrected chi connectivity index (χ3v) is 4.96. The zero-order valence-electron chi connectivity index (χ0n) is 15.7. The zero-order valence-corrected chi connectivity index (χ0v) is 16.5. The number of carbonyl (C=O) groups is 1. The lowest BCUT2D eigenvalue weighted by atomic mass is 10.1. The summed E-state index contributed by atoms with van der Waals surface area (Å²) >= 11 is 1.25. The highest BCUT2D eigenvalue weighted by molar-refractivity contribution is 8.18. The molecule has 2 aromatic rings. The number of benzene rings is 2. The van der Waals surface area contributed by atoms with E-state index in [1.807, 2.05) is 24.3 Å². The number of nitrogens with one attached hydrogen (secondary N) is 1. The molecule has 3 rings (SSSR count). The predicted molar refractivity (Wildman–Crippen MR) is 109 cm³/mol. The van der Waals surface area contributed by atoms with Crippen LogP contribution in [0.5, 0.6) is 23.0 Å². The van der Waals surface area contributed by atoms with Gasteiger partial charge in [0.2, 0.25) is 5.75 Å². The van der Waals surface area contributed by atoms with E-state index in [0.29, 0.717) is 22.2 Å². The number of phenols is 1. The summed E-state index contributed by atoms with van der Waals surface area (Å²) in [5.41, 5.74) is 1.68. The molecular weight excluding hydrogens is 380 g/mol. The van der Waals surface area contributed by atoms with Crippen LogP contribution < -0.4 is 19.5 Å². The van der Waals surface area contributed by atoms with E-state index in [-0.39, 0.29) is 23.2 Å². The van der Waals surface area contributed by atoms with E-state index in [9.17, 15) is 9.90 Å². The third kappa shape index (κ3) is 4.40. The number of nitrogens with zero attached hydrogens (tertiary/aromatic N) is 1. The minimum Gasteiger partial charge on any atom is -0.502 e. The van der Waals surface area contributed by atoms with Gasteiger partial charge in [0.25, 0.3) is 5.91 Å². The van der Waals surface area contributed by atoms with Crippen molar-refractivity contribution in [2.75, 3.05) is 21.3 Å². The van der Waals surface area contributed by atoms with Crippen molar-refractivity contribution in [2.45, 2.75) is 6.54 Å². The van der Waals surface area contributed by atoms with Gasteiger partial charge in [-0.1, -0.05) is 12.1 Å². The molecule has 1 fully saturated rings. The molecule has 0 aliphatic carbocycles. The van der Waals surface area contributed by atoms with E-state index in [4.69, 9.17) is 14.2 Å². The van der Waals surface area contributed by atoms with Crippen LogP contribution in [-0.4, -0.2) is 37.5 Å². The van der Waals surface area contributed by atoms with E-state index in [1.165, 1.54) is 26.0 Å². The summed E-state index contributed by atoms with van der Waals surface area (Å²) in [4.78, 5) is 17.2. The van der Waals surface area contributed by atoms with Crippen molar-refractivity contribution in [3.63, 3.8) is 0 Å². The summed E-state index contributed by atoms with van der Waals surface area (Å²) in [6.45, 7) is 0.445. The molecule has 1 aliphatic heterocycles. The number of amidine groups is 1. The second-order valence-corrected chi connectivity index (χ2v) is 6.84. The van der Waals surface area contributed by atoms with Gasteiger partial charge >= 0.3 is 0 Å². The molecule has 0 spiro atoms. The maximum absolute atomic E-state index is 12.3. The first-order chi connectivity index (χ1) is 13.5. The molecule has 0 saturated carbocycles. The number of hydrogen-bond donors (Lipinski definition) is 2. The second kappa shape index (κ2) is 8.71. The van der Waals surface area contributed by atoms with Crippen molar-refractivity contribution < 1.29 is 24.1 Å². The first-order valence-corrected chi connectivity index (χ1v) is 9.19. The number of hydrogen-bond acceptors (Lipinski definition) is 7. The molecule has 146 valence electrons. The zero-order chi connectivity index (χ0) is 20.1. The number of aromatic hydroxyl groups is 1. The first-order valence-electron chi connectivity index (χ1n) is 8.37. The molecule has 2 aromatic carbocycles. The van der Waals surface area contributed by atoms with E-state index in [0.717, 1.165) is 11.3 Å². The Bertz CT molecular complexity index is 913. The van der Waals surface area contributed by atoms with Gasteiger partial charge in [-0.3, -0.25) is 9.79 Å². The van der Waals surface area contributed by atoms with Crippen molar-refractivity contribution in [2.24, 2.45) is 4.99 Å². The average molecular weight is 400 g/mol. The van der Waals surface area contributed by atoms with Gasteiger partial charge in [0.15, 0.2) is 16.7 Å². The number of aliphatic imine (C=N–C) groups is 1. The number of phenolic OH excluding ortho intramolecular Hbond substituents is 1. The Hall–Kier alpha value is -3.13. The molecule has 0 radical (unpaired) electrons. The van der Waals surface area contributed by atoms with E-state index >= 15 is 0 Å². The lowest BCUT2D eigenvalue weighted by molar-refractivity contribution is -0.115. The highest BCUT2D eigenvalue weighted by Crippen LogP contribution is 2.38. The van der Waals surface area contributed by atoms with E-state index in [1.54, 1.807) is 25.3 Å². The quantitative estimate of drug-likeness (QED) is 0.724. The largest absolute Gasteiger partial charge is 0.502 e. The normalized spacial score (nSPS) is 16.3. The summed E-state index contributed by atoms with van der Waals surface area (Å²) in [5, 5.41) is 13.3. The van der Waals surface area contributed by atoms with Crippen molar-refractivity contribution in [3.05, 3.63) is 52.4 Å². The number of amides is 1. The van der Waals surface area contributed by atoms with Crippen LogP contribution in [0.25, 0.3) is 6.08 Å². The minimum absolute atomic E-state index is 0.0857. The molecule has 0 atom stereocenters. The van der Waals surface area contributed by atoms with Gasteiger partial charge in [0.05, 0.1) is 32.8 Å². The fourth-order valence-electron chi connectivity index (χ4n) is 2.54. The van der Waals surface area contributed by atoms with Crippen LogP contribution in [0.3, 0.4) is 0 Å². The topological polar surface area (TPSA) is 89.4 Å². The summed E-state index contributed by atoms with van der Waals surface area (Å²) < 4.78 is 15.4. The summed E-state index contributed by atoms with van der Waals surface area (Å²) in [6, 6.07) is 10.8. The van der Waals surface area contributed by atoms with Crippen LogP contribution in [0.15, 0.2) is 46.3 Å². The number of rotatable bonds is 6. The number of ether oxygens (including phenoxy) is 3. The Balaban J connectivity index is 1.76. The smallest absolute Gasteiger partial charge is 0.264 e. The first kappa shape index (κ1) is 19.6. The van der Waals surface area contributed by atoms with Gasteiger partial charge < -0.3 is 24.6 Å². The molecule has 1 saturated heterocycles. The predicted octanol–water partition coefficient (Wildman–Crippen LogP) is 3.18. The number of methoxy groups -OCH3 is 3. The van der Waals surface area contributed by atoms with Gasteiger partial charge in [-0.2, -0.15) is 0 Å². The summed E-state index contributed by atoms with van der Waals surface area (Å²) in [6.07, 6.45) is 1.69. The molecule has 8 heteroatoms. The fraction of sp³-hybridized carbons (Fsp3) is 0.200. The van der Waals surface area contributed by atoms with Crippen LogP contribution in [-0.2, 0) is 11.3 Å². The van der Waals surface area contributed by atoms with Crippen LogP contribution in [0.2, 0.25) is 0 Å². The SMILES string of the molecule is COc1ccc(CN=C2NC(=O)/C(=C/c3cc(OC)c(O)c(OC)c3)S2)cc1. The molecule has 1 amide bonds. The van der Waals surface area contributed by atoms with Gasteiger partial charge in [-0.25, -0.2) is 0 Å². The lowest BCUT2D eigenvalue weighted by Crippen LogP contribution is -2.19. The van der Waals surface area contributed by atoms with Crippen molar-refractivity contribution >= 4 is 28.9 Å². The van der Waals surface area contributed by atoms with Crippen LogP contribution in [0, 0.1) is 0 Å². The van der Waals surface area contributed by atoms with Crippen molar-refractivity contribution in [1.82, 2.24) is 5.32 Å². The van der Waals surface area contributed by atoms with E-state index in [2.05, 4.69) is 10.3 Å².